The van der Waals surface area contributed by atoms with Gasteiger partial charge in [0.1, 0.15) is 0 Å². The highest BCUT2D eigenvalue weighted by Crippen LogP contribution is 2.23. The van der Waals surface area contributed by atoms with Gasteiger partial charge in [-0.3, -0.25) is 25.2 Å². The number of halogens is 1. The molecule has 1 rings (SSSR count). The number of thiocarbonyl (C=S) groups is 1. The van der Waals surface area contributed by atoms with E-state index in [-0.39, 0.29) is 29.8 Å². The van der Waals surface area contributed by atoms with E-state index in [1.165, 1.54) is 0 Å². The van der Waals surface area contributed by atoms with Crippen molar-refractivity contribution in [3.63, 3.8) is 0 Å². The summed E-state index contributed by atoms with van der Waals surface area (Å²) in [6, 6.07) is 5.19. The quantitative estimate of drug-likeness (QED) is 0.461. The Kier molecular flexibility index (Phi) is 7.98. The minimum Gasteiger partial charge on any atom is -0.326 e. The maximum absolute atomic E-state index is 11.9. The third kappa shape index (κ3) is 7.37. The SMILES string of the molecule is Cc1c(Cl)cccc1NC(=O)CCC(=O)NNC(=S)NC(=O)C(C)(C)C. The molecule has 0 aliphatic rings. The Labute approximate surface area is 163 Å². The lowest BCUT2D eigenvalue weighted by Crippen LogP contribution is -2.50. The Bertz CT molecular complexity index is 716. The molecule has 0 aromatic heterocycles. The summed E-state index contributed by atoms with van der Waals surface area (Å²) in [5, 5.41) is 5.70. The van der Waals surface area contributed by atoms with Crippen LogP contribution in [-0.2, 0) is 14.4 Å². The molecule has 1 aromatic carbocycles. The first-order valence-corrected chi connectivity index (χ1v) is 8.74. The van der Waals surface area contributed by atoms with Crippen molar-refractivity contribution in [2.24, 2.45) is 5.41 Å². The third-order valence-corrected chi connectivity index (χ3v) is 3.96. The van der Waals surface area contributed by atoms with Crippen LogP contribution in [0.2, 0.25) is 5.02 Å². The van der Waals surface area contributed by atoms with Gasteiger partial charge in [-0.25, -0.2) is 0 Å². The molecule has 0 bridgehead atoms. The Balaban J connectivity index is 2.35. The van der Waals surface area contributed by atoms with Gasteiger partial charge in [-0.2, -0.15) is 0 Å². The zero-order valence-electron chi connectivity index (χ0n) is 15.2. The zero-order chi connectivity index (χ0) is 19.9. The van der Waals surface area contributed by atoms with Crippen molar-refractivity contribution in [3.8, 4) is 0 Å². The first-order valence-electron chi connectivity index (χ1n) is 7.96. The molecule has 26 heavy (non-hydrogen) atoms. The Morgan fingerprint density at radius 2 is 1.69 bits per heavy atom. The van der Waals surface area contributed by atoms with Crippen LogP contribution in [0.4, 0.5) is 5.69 Å². The minimum atomic E-state index is -0.605. The average molecular weight is 399 g/mol. The maximum atomic E-state index is 11.9. The van der Waals surface area contributed by atoms with Crippen molar-refractivity contribution in [1.29, 1.82) is 0 Å². The molecular formula is C17H23ClN4O3S. The number of benzene rings is 1. The van der Waals surface area contributed by atoms with Crippen molar-refractivity contribution in [3.05, 3.63) is 28.8 Å². The highest BCUT2D eigenvalue weighted by atomic mass is 35.5. The molecule has 0 radical (unpaired) electrons. The van der Waals surface area contributed by atoms with Crippen molar-refractivity contribution in [1.82, 2.24) is 16.2 Å². The molecule has 142 valence electrons. The summed E-state index contributed by atoms with van der Waals surface area (Å²) in [6.45, 7) is 7.01. The summed E-state index contributed by atoms with van der Waals surface area (Å²) in [6.07, 6.45) is -0.0607. The molecule has 0 saturated heterocycles. The van der Waals surface area contributed by atoms with Crippen molar-refractivity contribution >= 4 is 52.3 Å². The molecule has 0 aliphatic heterocycles. The summed E-state index contributed by atoms with van der Waals surface area (Å²) >= 11 is 10.9. The molecule has 1 aromatic rings. The Morgan fingerprint density at radius 1 is 1.08 bits per heavy atom. The molecule has 0 aliphatic carbocycles. The van der Waals surface area contributed by atoms with Crippen molar-refractivity contribution in [2.45, 2.75) is 40.5 Å². The summed E-state index contributed by atoms with van der Waals surface area (Å²) in [7, 11) is 0. The fourth-order valence-corrected chi connectivity index (χ4v) is 2.01. The van der Waals surface area contributed by atoms with Gasteiger partial charge < -0.3 is 10.6 Å². The van der Waals surface area contributed by atoms with Gasteiger partial charge >= 0.3 is 0 Å². The van der Waals surface area contributed by atoms with Crippen LogP contribution in [-0.4, -0.2) is 22.8 Å². The number of amides is 3. The Hall–Kier alpha value is -2.19. The van der Waals surface area contributed by atoms with Crippen LogP contribution < -0.4 is 21.5 Å². The van der Waals surface area contributed by atoms with E-state index < -0.39 is 11.3 Å². The minimum absolute atomic E-state index is 0.0133. The lowest BCUT2D eigenvalue weighted by molar-refractivity contribution is -0.127. The standard InChI is InChI=1S/C17H23ClN4O3S/c1-10-11(18)6-5-7-12(10)19-13(23)8-9-14(24)21-22-16(26)20-15(25)17(2,3)4/h5-7H,8-9H2,1-4H3,(H,19,23)(H,21,24)(H2,20,22,25,26). The summed E-state index contributed by atoms with van der Waals surface area (Å²) in [5.74, 6) is -1.02. The number of hydrogen-bond donors (Lipinski definition) is 4. The fraction of sp³-hybridized carbons (Fsp3) is 0.412. The van der Waals surface area contributed by atoms with Gasteiger partial charge in [-0.15, -0.1) is 0 Å². The molecule has 4 N–H and O–H groups in total. The van der Waals surface area contributed by atoms with Gasteiger partial charge in [0.15, 0.2) is 5.11 Å². The number of anilines is 1. The fourth-order valence-electron chi connectivity index (χ4n) is 1.69. The van der Waals surface area contributed by atoms with Gasteiger partial charge in [-0.1, -0.05) is 38.4 Å². The molecule has 0 fully saturated rings. The van der Waals surface area contributed by atoms with Gasteiger partial charge in [0.25, 0.3) is 0 Å². The first-order chi connectivity index (χ1) is 12.0. The van der Waals surface area contributed by atoms with E-state index in [9.17, 15) is 14.4 Å². The van der Waals surface area contributed by atoms with Crippen LogP contribution in [0.1, 0.15) is 39.2 Å². The molecule has 0 saturated carbocycles. The topological polar surface area (TPSA) is 99.3 Å². The lowest BCUT2D eigenvalue weighted by atomic mass is 9.96. The third-order valence-electron chi connectivity index (χ3n) is 3.34. The second kappa shape index (κ2) is 9.49. The van der Waals surface area contributed by atoms with E-state index >= 15 is 0 Å². The molecule has 9 heteroatoms. The largest absolute Gasteiger partial charge is 0.326 e. The summed E-state index contributed by atoms with van der Waals surface area (Å²) < 4.78 is 0. The van der Waals surface area contributed by atoms with Crippen LogP contribution in [0.25, 0.3) is 0 Å². The second-order valence-corrected chi connectivity index (χ2v) is 7.48. The highest BCUT2D eigenvalue weighted by Gasteiger charge is 2.22. The lowest BCUT2D eigenvalue weighted by Gasteiger charge is -2.18. The number of hydrogen-bond acceptors (Lipinski definition) is 4. The zero-order valence-corrected chi connectivity index (χ0v) is 16.7. The van der Waals surface area contributed by atoms with Crippen LogP contribution in [0.5, 0.6) is 0 Å². The number of rotatable bonds is 4. The molecule has 0 heterocycles. The predicted octanol–water partition coefficient (Wildman–Crippen LogP) is 2.44. The van der Waals surface area contributed by atoms with Crippen LogP contribution in [0.15, 0.2) is 18.2 Å². The van der Waals surface area contributed by atoms with Crippen LogP contribution in [0.3, 0.4) is 0 Å². The number of carbonyl (C=O) groups is 3. The maximum Gasteiger partial charge on any atom is 0.238 e. The van der Waals surface area contributed by atoms with Gasteiger partial charge in [0, 0.05) is 29.0 Å². The second-order valence-electron chi connectivity index (χ2n) is 6.67. The highest BCUT2D eigenvalue weighted by molar-refractivity contribution is 7.80. The van der Waals surface area contributed by atoms with E-state index in [4.69, 9.17) is 23.8 Å². The first kappa shape index (κ1) is 21.9. The monoisotopic (exact) mass is 398 g/mol. The normalized spacial score (nSPS) is 10.7. The number of hydrazine groups is 1. The van der Waals surface area contributed by atoms with E-state index in [0.29, 0.717) is 10.7 Å². The molecular weight excluding hydrogens is 376 g/mol. The van der Waals surface area contributed by atoms with Crippen molar-refractivity contribution < 1.29 is 14.4 Å². The van der Waals surface area contributed by atoms with E-state index in [1.54, 1.807) is 45.9 Å². The Morgan fingerprint density at radius 3 is 2.31 bits per heavy atom. The summed E-state index contributed by atoms with van der Waals surface area (Å²) in [5.41, 5.74) is 5.52. The van der Waals surface area contributed by atoms with Crippen LogP contribution in [0, 0.1) is 12.3 Å². The molecule has 7 nitrogen and oxygen atoms in total. The van der Waals surface area contributed by atoms with E-state index in [0.717, 1.165) is 5.56 Å². The van der Waals surface area contributed by atoms with Crippen LogP contribution >= 0.6 is 23.8 Å². The molecule has 0 spiro atoms. The van der Waals surface area contributed by atoms with Gasteiger partial charge in [0.05, 0.1) is 0 Å². The smallest absolute Gasteiger partial charge is 0.238 e. The molecule has 0 unspecified atom stereocenters. The molecule has 0 atom stereocenters. The van der Waals surface area contributed by atoms with Gasteiger partial charge in [-0.05, 0) is 36.8 Å². The number of carbonyl (C=O) groups excluding carboxylic acids is 3. The van der Waals surface area contributed by atoms with E-state index in [1.807, 2.05) is 0 Å². The predicted molar refractivity (Wildman–Crippen MR) is 106 cm³/mol. The number of nitrogens with one attached hydrogen (secondary N) is 4. The van der Waals surface area contributed by atoms with E-state index in [2.05, 4.69) is 21.5 Å². The van der Waals surface area contributed by atoms with Gasteiger partial charge in [0.2, 0.25) is 17.7 Å². The molecule has 3 amide bonds. The summed E-state index contributed by atoms with van der Waals surface area (Å²) in [4.78, 5) is 35.4. The van der Waals surface area contributed by atoms with Crippen molar-refractivity contribution in [2.75, 3.05) is 5.32 Å². The average Bonchev–Trinajstić information content (AvgIpc) is 2.54.